The molecule has 7 heteroatoms. The van der Waals surface area contributed by atoms with Crippen LogP contribution in [0.5, 0.6) is 5.75 Å². The standard InChI is InChI=1S/C26H43N5O.HI/c1-5-27-24(29-22-19-25(2,3)32-23-12-8-7-11-21(22)23)28-20-26(13-17-30(4)18-14-26)31-15-9-6-10-16-31;/h7-8,11-12,22H,5-6,9-10,13-20H2,1-4H3,(H2,27,28,29);1H. The van der Waals surface area contributed by atoms with E-state index in [2.05, 4.69) is 72.5 Å². The van der Waals surface area contributed by atoms with E-state index in [-0.39, 0.29) is 41.2 Å². The molecule has 0 bridgehead atoms. The molecule has 3 heterocycles. The topological polar surface area (TPSA) is 52.1 Å². The number of ether oxygens (including phenoxy) is 1. The highest BCUT2D eigenvalue weighted by atomic mass is 127. The number of para-hydroxylation sites is 1. The summed E-state index contributed by atoms with van der Waals surface area (Å²) in [6.07, 6.45) is 7.36. The molecule has 2 fully saturated rings. The zero-order valence-corrected chi connectivity index (χ0v) is 23.4. The Morgan fingerprint density at radius 2 is 1.79 bits per heavy atom. The summed E-state index contributed by atoms with van der Waals surface area (Å²) in [5.41, 5.74) is 1.22. The van der Waals surface area contributed by atoms with Crippen molar-refractivity contribution in [1.29, 1.82) is 0 Å². The molecule has 0 amide bonds. The van der Waals surface area contributed by atoms with Crippen LogP contribution in [0.1, 0.15) is 70.9 Å². The number of piperidine rings is 2. The van der Waals surface area contributed by atoms with Gasteiger partial charge in [0.05, 0.1) is 12.6 Å². The predicted molar refractivity (Wildman–Crippen MR) is 148 cm³/mol. The summed E-state index contributed by atoms with van der Waals surface area (Å²) in [7, 11) is 2.25. The smallest absolute Gasteiger partial charge is 0.191 e. The molecule has 0 aromatic heterocycles. The van der Waals surface area contributed by atoms with Gasteiger partial charge < -0.3 is 20.3 Å². The molecule has 1 aromatic carbocycles. The van der Waals surface area contributed by atoms with Gasteiger partial charge in [-0.25, -0.2) is 0 Å². The minimum atomic E-state index is -0.202. The highest BCUT2D eigenvalue weighted by Crippen LogP contribution is 2.39. The van der Waals surface area contributed by atoms with Crippen LogP contribution in [0.2, 0.25) is 0 Å². The third-order valence-corrected chi connectivity index (χ3v) is 7.51. The van der Waals surface area contributed by atoms with Crippen molar-refractivity contribution in [2.45, 2.75) is 76.5 Å². The van der Waals surface area contributed by atoms with Gasteiger partial charge in [0.1, 0.15) is 11.4 Å². The van der Waals surface area contributed by atoms with Gasteiger partial charge in [0, 0.05) is 24.1 Å². The summed E-state index contributed by atoms with van der Waals surface area (Å²) in [4.78, 5) is 10.5. The fraction of sp³-hybridized carbons (Fsp3) is 0.731. The first-order chi connectivity index (χ1) is 15.4. The molecule has 4 rings (SSSR count). The molecule has 1 atom stereocenters. The molecule has 1 aromatic rings. The van der Waals surface area contributed by atoms with Gasteiger partial charge >= 0.3 is 0 Å². The van der Waals surface area contributed by atoms with Gasteiger partial charge in [-0.05, 0) is 85.7 Å². The molecule has 33 heavy (non-hydrogen) atoms. The van der Waals surface area contributed by atoms with Gasteiger partial charge in [-0.15, -0.1) is 24.0 Å². The Labute approximate surface area is 217 Å². The molecule has 0 aliphatic carbocycles. The number of guanidine groups is 1. The lowest BCUT2D eigenvalue weighted by molar-refractivity contribution is 0.0207. The average Bonchev–Trinajstić information content (AvgIpc) is 2.79. The van der Waals surface area contributed by atoms with Crippen molar-refractivity contribution >= 4 is 29.9 Å². The van der Waals surface area contributed by atoms with Gasteiger partial charge in [0.25, 0.3) is 0 Å². The van der Waals surface area contributed by atoms with Crippen LogP contribution >= 0.6 is 24.0 Å². The van der Waals surface area contributed by atoms with E-state index in [4.69, 9.17) is 9.73 Å². The molecule has 2 saturated heterocycles. The fourth-order valence-corrected chi connectivity index (χ4v) is 5.62. The highest BCUT2D eigenvalue weighted by Gasteiger charge is 2.40. The molecule has 0 saturated carbocycles. The molecule has 0 spiro atoms. The predicted octanol–water partition coefficient (Wildman–Crippen LogP) is 4.41. The maximum atomic E-state index is 6.24. The molecule has 3 aliphatic rings. The van der Waals surface area contributed by atoms with Crippen molar-refractivity contribution in [2.24, 2.45) is 4.99 Å². The number of nitrogens with zero attached hydrogens (tertiary/aromatic N) is 3. The Balaban J connectivity index is 0.00000306. The highest BCUT2D eigenvalue weighted by molar-refractivity contribution is 14.0. The van der Waals surface area contributed by atoms with Crippen LogP contribution in [0.15, 0.2) is 29.3 Å². The number of benzene rings is 1. The maximum Gasteiger partial charge on any atom is 0.191 e. The summed E-state index contributed by atoms with van der Waals surface area (Å²) in [5.74, 6) is 1.91. The molecule has 3 aliphatic heterocycles. The SMILES string of the molecule is CCNC(=NCC1(N2CCCCC2)CCN(C)CC1)NC1CC(C)(C)Oc2ccccc21.I. The second kappa shape index (κ2) is 11.6. The van der Waals surface area contributed by atoms with E-state index in [9.17, 15) is 0 Å². The number of likely N-dealkylation sites (tertiary alicyclic amines) is 2. The first-order valence-corrected chi connectivity index (χ1v) is 12.7. The lowest BCUT2D eigenvalue weighted by Gasteiger charge is -2.49. The van der Waals surface area contributed by atoms with Crippen LogP contribution in [-0.2, 0) is 0 Å². The molecule has 1 unspecified atom stereocenters. The number of rotatable bonds is 5. The van der Waals surface area contributed by atoms with Crippen molar-refractivity contribution in [1.82, 2.24) is 20.4 Å². The number of halogens is 1. The van der Waals surface area contributed by atoms with Crippen molar-refractivity contribution in [3.05, 3.63) is 29.8 Å². The fourth-order valence-electron chi connectivity index (χ4n) is 5.62. The Bertz CT molecular complexity index is 785. The van der Waals surface area contributed by atoms with Crippen LogP contribution in [0.3, 0.4) is 0 Å². The third-order valence-electron chi connectivity index (χ3n) is 7.51. The Morgan fingerprint density at radius 3 is 2.48 bits per heavy atom. The van der Waals surface area contributed by atoms with Crippen LogP contribution < -0.4 is 15.4 Å². The van der Waals surface area contributed by atoms with Crippen LogP contribution in [0, 0.1) is 0 Å². The zero-order valence-electron chi connectivity index (χ0n) is 21.0. The number of hydrogen-bond acceptors (Lipinski definition) is 4. The summed E-state index contributed by atoms with van der Waals surface area (Å²) in [6.45, 7) is 13.0. The van der Waals surface area contributed by atoms with Gasteiger partial charge in [-0.3, -0.25) is 9.89 Å². The quantitative estimate of drug-likeness (QED) is 0.313. The number of aliphatic imine (C=N–C) groups is 1. The van der Waals surface area contributed by atoms with E-state index in [0.717, 1.165) is 44.3 Å². The van der Waals surface area contributed by atoms with Gasteiger partial charge in [-0.2, -0.15) is 0 Å². The molecular weight excluding hydrogens is 525 g/mol. The molecule has 0 radical (unpaired) electrons. The van der Waals surface area contributed by atoms with Crippen molar-refractivity contribution in [3.8, 4) is 5.75 Å². The van der Waals surface area contributed by atoms with E-state index < -0.39 is 0 Å². The lowest BCUT2D eigenvalue weighted by Crippen LogP contribution is -2.58. The molecular formula is C26H44IN5O. The summed E-state index contributed by atoms with van der Waals surface area (Å²) in [5, 5.41) is 7.29. The van der Waals surface area contributed by atoms with Crippen molar-refractivity contribution in [3.63, 3.8) is 0 Å². The van der Waals surface area contributed by atoms with E-state index in [0.29, 0.717) is 0 Å². The lowest BCUT2D eigenvalue weighted by atomic mass is 9.84. The second-order valence-electron chi connectivity index (χ2n) is 10.6. The van der Waals surface area contributed by atoms with Crippen molar-refractivity contribution in [2.75, 3.05) is 46.3 Å². The maximum absolute atomic E-state index is 6.24. The first-order valence-electron chi connectivity index (χ1n) is 12.7. The van der Waals surface area contributed by atoms with Gasteiger partial charge in [0.15, 0.2) is 5.96 Å². The third kappa shape index (κ3) is 6.54. The Kier molecular flexibility index (Phi) is 9.31. The zero-order chi connectivity index (χ0) is 22.6. The largest absolute Gasteiger partial charge is 0.487 e. The molecule has 186 valence electrons. The van der Waals surface area contributed by atoms with Crippen LogP contribution in [-0.4, -0.2) is 73.2 Å². The van der Waals surface area contributed by atoms with E-state index in [1.54, 1.807) is 0 Å². The molecule has 6 nitrogen and oxygen atoms in total. The summed E-state index contributed by atoms with van der Waals surface area (Å²) < 4.78 is 6.24. The van der Waals surface area contributed by atoms with Gasteiger partial charge in [0.2, 0.25) is 0 Å². The number of hydrogen-bond donors (Lipinski definition) is 2. The van der Waals surface area contributed by atoms with Gasteiger partial charge in [-0.1, -0.05) is 24.6 Å². The normalized spacial score (nSPS) is 25.3. The number of nitrogens with one attached hydrogen (secondary N) is 2. The Morgan fingerprint density at radius 1 is 1.09 bits per heavy atom. The summed E-state index contributed by atoms with van der Waals surface area (Å²) in [6, 6.07) is 8.61. The van der Waals surface area contributed by atoms with E-state index in [1.807, 2.05) is 0 Å². The second-order valence-corrected chi connectivity index (χ2v) is 10.6. The Hall–Kier alpha value is -1.06. The number of fused-ring (bicyclic) bond motifs is 1. The molecule has 2 N–H and O–H groups in total. The van der Waals surface area contributed by atoms with E-state index in [1.165, 1.54) is 50.8 Å². The minimum Gasteiger partial charge on any atom is -0.487 e. The minimum absolute atomic E-state index is 0. The first kappa shape index (κ1) is 26.5. The van der Waals surface area contributed by atoms with Crippen molar-refractivity contribution < 1.29 is 4.74 Å². The summed E-state index contributed by atoms with van der Waals surface area (Å²) >= 11 is 0. The monoisotopic (exact) mass is 569 g/mol. The van der Waals surface area contributed by atoms with Crippen LogP contribution in [0.25, 0.3) is 0 Å². The van der Waals surface area contributed by atoms with E-state index >= 15 is 0 Å². The average molecular weight is 570 g/mol. The van der Waals surface area contributed by atoms with Crippen LogP contribution in [0.4, 0.5) is 0 Å².